The molecule has 2 nitrogen and oxygen atoms in total. The highest BCUT2D eigenvalue weighted by Gasteiger charge is 2.12. The third-order valence-electron chi connectivity index (χ3n) is 3.57. The molecule has 0 aliphatic rings. The molecule has 1 atom stereocenters. The van der Waals surface area contributed by atoms with E-state index in [4.69, 9.17) is 4.74 Å². The van der Waals surface area contributed by atoms with Gasteiger partial charge in [0.1, 0.15) is 12.4 Å². The highest BCUT2D eigenvalue weighted by Crippen LogP contribution is 2.23. The van der Waals surface area contributed by atoms with Crippen LogP contribution in [0.5, 0.6) is 5.75 Å². The Morgan fingerprint density at radius 3 is 2.29 bits per heavy atom. The second kappa shape index (κ2) is 6.31. The van der Waals surface area contributed by atoms with E-state index in [0.717, 1.165) is 16.9 Å². The maximum Gasteiger partial charge on any atom is 0.120 e. The molecule has 2 aromatic rings. The number of rotatable bonds is 4. The average molecular weight is 284 g/mol. The quantitative estimate of drug-likeness (QED) is 0.888. The minimum Gasteiger partial charge on any atom is -0.489 e. The summed E-state index contributed by atoms with van der Waals surface area (Å²) in [5.74, 6) is 0.785. The van der Waals surface area contributed by atoms with Crippen LogP contribution in [0.4, 0.5) is 0 Å². The van der Waals surface area contributed by atoms with E-state index in [2.05, 4.69) is 45.0 Å². The number of hydrogen-bond acceptors (Lipinski definition) is 2. The van der Waals surface area contributed by atoms with Crippen molar-refractivity contribution >= 4 is 0 Å². The normalized spacial score (nSPS) is 13.0. The third-order valence-corrected chi connectivity index (χ3v) is 3.57. The lowest BCUT2D eigenvalue weighted by atomic mass is 9.87. The van der Waals surface area contributed by atoms with Gasteiger partial charge in [0.05, 0.1) is 6.10 Å². The number of hydrogen-bond donors (Lipinski definition) is 1. The molecular formula is C19H24O2. The van der Waals surface area contributed by atoms with E-state index in [1.54, 1.807) is 6.92 Å². The Kier molecular flexibility index (Phi) is 4.69. The monoisotopic (exact) mass is 284 g/mol. The number of ether oxygens (including phenoxy) is 1. The fourth-order valence-corrected chi connectivity index (χ4v) is 2.13. The summed E-state index contributed by atoms with van der Waals surface area (Å²) >= 11 is 0. The molecule has 1 N–H and O–H groups in total. The van der Waals surface area contributed by atoms with E-state index in [-0.39, 0.29) is 5.41 Å². The molecule has 0 bridgehead atoms. The molecule has 0 amide bonds. The summed E-state index contributed by atoms with van der Waals surface area (Å²) in [7, 11) is 0. The first-order valence-electron chi connectivity index (χ1n) is 7.36. The summed E-state index contributed by atoms with van der Waals surface area (Å²) in [6.45, 7) is 8.91. The molecule has 0 spiro atoms. The number of aliphatic hydroxyl groups excluding tert-OH is 1. The standard InChI is InChI=1S/C19H24O2/c1-14(20)16-6-5-7-18(12-16)21-13-15-8-10-17(11-9-15)19(2,3)4/h5-12,14,20H,13H2,1-4H3. The first kappa shape index (κ1) is 15.6. The lowest BCUT2D eigenvalue weighted by Gasteiger charge is -2.19. The summed E-state index contributed by atoms with van der Waals surface area (Å²) in [5.41, 5.74) is 3.51. The number of benzene rings is 2. The Bertz CT molecular complexity index is 577. The zero-order valence-electron chi connectivity index (χ0n) is 13.3. The average Bonchev–Trinajstić information content (AvgIpc) is 2.45. The topological polar surface area (TPSA) is 29.5 Å². The van der Waals surface area contributed by atoms with Crippen LogP contribution < -0.4 is 4.74 Å². The van der Waals surface area contributed by atoms with Crippen LogP contribution in [-0.4, -0.2) is 5.11 Å². The van der Waals surface area contributed by atoms with Gasteiger partial charge in [0, 0.05) is 0 Å². The van der Waals surface area contributed by atoms with E-state index in [0.29, 0.717) is 6.61 Å². The lowest BCUT2D eigenvalue weighted by molar-refractivity contribution is 0.198. The molecule has 0 saturated heterocycles. The minimum atomic E-state index is -0.473. The van der Waals surface area contributed by atoms with Crippen molar-refractivity contribution in [3.63, 3.8) is 0 Å². The zero-order chi connectivity index (χ0) is 15.5. The molecule has 1 unspecified atom stereocenters. The molecule has 0 saturated carbocycles. The largest absolute Gasteiger partial charge is 0.489 e. The van der Waals surface area contributed by atoms with Gasteiger partial charge in [0.25, 0.3) is 0 Å². The SMILES string of the molecule is CC(O)c1cccc(OCc2ccc(C(C)(C)C)cc2)c1. The van der Waals surface area contributed by atoms with Gasteiger partial charge < -0.3 is 9.84 Å². The van der Waals surface area contributed by atoms with Crippen molar-refractivity contribution in [2.45, 2.75) is 45.8 Å². The summed E-state index contributed by atoms with van der Waals surface area (Å²) in [5, 5.41) is 9.58. The highest BCUT2D eigenvalue weighted by atomic mass is 16.5. The van der Waals surface area contributed by atoms with Gasteiger partial charge in [-0.15, -0.1) is 0 Å². The predicted molar refractivity (Wildman–Crippen MR) is 86.5 cm³/mol. The molecule has 0 fully saturated rings. The molecule has 0 heterocycles. The van der Waals surface area contributed by atoms with Crippen LogP contribution in [0.15, 0.2) is 48.5 Å². The molecule has 0 aromatic heterocycles. The Balaban J connectivity index is 2.01. The lowest BCUT2D eigenvalue weighted by Crippen LogP contribution is -2.10. The Labute approximate surface area is 127 Å². The Hall–Kier alpha value is -1.80. The van der Waals surface area contributed by atoms with Crippen molar-refractivity contribution in [1.29, 1.82) is 0 Å². The van der Waals surface area contributed by atoms with Crippen molar-refractivity contribution in [3.05, 3.63) is 65.2 Å². The Morgan fingerprint density at radius 1 is 1.05 bits per heavy atom. The van der Waals surface area contributed by atoms with Crippen LogP contribution in [0, 0.1) is 0 Å². The van der Waals surface area contributed by atoms with Crippen molar-refractivity contribution in [2.75, 3.05) is 0 Å². The van der Waals surface area contributed by atoms with Gasteiger partial charge >= 0.3 is 0 Å². The van der Waals surface area contributed by atoms with E-state index in [1.807, 2.05) is 24.3 Å². The fourth-order valence-electron chi connectivity index (χ4n) is 2.13. The van der Waals surface area contributed by atoms with Gasteiger partial charge in [-0.25, -0.2) is 0 Å². The van der Waals surface area contributed by atoms with Gasteiger partial charge in [-0.05, 0) is 41.2 Å². The van der Waals surface area contributed by atoms with Crippen molar-refractivity contribution in [1.82, 2.24) is 0 Å². The van der Waals surface area contributed by atoms with E-state index < -0.39 is 6.10 Å². The zero-order valence-corrected chi connectivity index (χ0v) is 13.3. The summed E-state index contributed by atoms with van der Waals surface area (Å²) < 4.78 is 5.80. The predicted octanol–water partition coefficient (Wildman–Crippen LogP) is 4.62. The summed E-state index contributed by atoms with van der Waals surface area (Å²) in [6.07, 6.45) is -0.473. The Morgan fingerprint density at radius 2 is 1.71 bits per heavy atom. The summed E-state index contributed by atoms with van der Waals surface area (Å²) in [4.78, 5) is 0. The molecule has 0 aliphatic heterocycles. The second-order valence-electron chi connectivity index (χ2n) is 6.48. The molecule has 2 rings (SSSR count). The van der Waals surface area contributed by atoms with Gasteiger partial charge in [-0.2, -0.15) is 0 Å². The molecule has 0 radical (unpaired) electrons. The second-order valence-corrected chi connectivity index (χ2v) is 6.48. The van der Waals surface area contributed by atoms with Gasteiger partial charge in [-0.3, -0.25) is 0 Å². The smallest absolute Gasteiger partial charge is 0.120 e. The van der Waals surface area contributed by atoms with E-state index >= 15 is 0 Å². The van der Waals surface area contributed by atoms with Crippen molar-refractivity contribution in [3.8, 4) is 5.75 Å². The minimum absolute atomic E-state index is 0.172. The fraction of sp³-hybridized carbons (Fsp3) is 0.368. The van der Waals surface area contributed by atoms with Crippen LogP contribution in [0.1, 0.15) is 50.5 Å². The van der Waals surface area contributed by atoms with Crippen LogP contribution in [-0.2, 0) is 12.0 Å². The van der Waals surface area contributed by atoms with Crippen molar-refractivity contribution in [2.24, 2.45) is 0 Å². The summed E-state index contributed by atoms with van der Waals surface area (Å²) in [6, 6.07) is 16.1. The van der Waals surface area contributed by atoms with Crippen LogP contribution >= 0.6 is 0 Å². The molecule has 0 aliphatic carbocycles. The van der Waals surface area contributed by atoms with Crippen LogP contribution in [0.3, 0.4) is 0 Å². The van der Waals surface area contributed by atoms with Gasteiger partial charge in [0.2, 0.25) is 0 Å². The van der Waals surface area contributed by atoms with Gasteiger partial charge in [0.15, 0.2) is 0 Å². The first-order valence-corrected chi connectivity index (χ1v) is 7.36. The molecular weight excluding hydrogens is 260 g/mol. The molecule has 2 heteroatoms. The van der Waals surface area contributed by atoms with Crippen LogP contribution in [0.25, 0.3) is 0 Å². The van der Waals surface area contributed by atoms with E-state index in [1.165, 1.54) is 5.56 Å². The maximum atomic E-state index is 9.58. The van der Waals surface area contributed by atoms with Gasteiger partial charge in [-0.1, -0.05) is 57.2 Å². The van der Waals surface area contributed by atoms with Crippen LogP contribution in [0.2, 0.25) is 0 Å². The first-order chi connectivity index (χ1) is 9.86. The van der Waals surface area contributed by atoms with Crippen molar-refractivity contribution < 1.29 is 9.84 Å². The molecule has 112 valence electrons. The third kappa shape index (κ3) is 4.33. The molecule has 21 heavy (non-hydrogen) atoms. The highest BCUT2D eigenvalue weighted by molar-refractivity contribution is 5.31. The molecule has 2 aromatic carbocycles. The maximum absolute atomic E-state index is 9.58. The number of aliphatic hydroxyl groups is 1. The van der Waals surface area contributed by atoms with E-state index in [9.17, 15) is 5.11 Å².